The number of aryl methyl sites for hydroxylation is 1. The summed E-state index contributed by atoms with van der Waals surface area (Å²) in [7, 11) is 0. The summed E-state index contributed by atoms with van der Waals surface area (Å²) < 4.78 is 12.7. The molecular weight excluding hydrogens is 813 g/mol. The maximum atomic E-state index is 13.8. The smallest absolute Gasteiger partial charge is 0.331 e. The lowest BCUT2D eigenvalue weighted by Gasteiger charge is -2.11. The minimum atomic E-state index is -0.502. The summed E-state index contributed by atoms with van der Waals surface area (Å²) in [5.41, 5.74) is 8.68. The Morgan fingerprint density at radius 1 is 0.571 bits per heavy atom. The zero-order valence-electron chi connectivity index (χ0n) is 35.4. The second kappa shape index (κ2) is 16.9. The molecule has 0 aliphatic carbocycles. The third kappa shape index (κ3) is 7.68. The minimum absolute atomic E-state index is 0.00472. The van der Waals surface area contributed by atoms with E-state index in [1.54, 1.807) is 25.2 Å². The van der Waals surface area contributed by atoms with E-state index >= 15 is 0 Å². The van der Waals surface area contributed by atoms with Crippen molar-refractivity contribution in [1.29, 1.82) is 0 Å². The van der Waals surface area contributed by atoms with Gasteiger partial charge in [-0.15, -0.1) is 11.3 Å². The van der Waals surface area contributed by atoms with Crippen molar-refractivity contribution in [3.05, 3.63) is 153 Å². The van der Waals surface area contributed by atoms with E-state index in [1.807, 2.05) is 122 Å². The molecule has 0 bridgehead atoms. The normalized spacial score (nSPS) is 12.3. The van der Waals surface area contributed by atoms with Gasteiger partial charge in [0.15, 0.2) is 11.2 Å². The third-order valence-electron chi connectivity index (χ3n) is 11.5. The maximum Gasteiger partial charge on any atom is 0.331 e. The molecule has 0 saturated carbocycles. The van der Waals surface area contributed by atoms with Crippen LogP contribution in [0.15, 0.2) is 130 Å². The van der Waals surface area contributed by atoms with Gasteiger partial charge in [-0.05, 0) is 104 Å². The molecule has 0 aliphatic rings. The van der Waals surface area contributed by atoms with Gasteiger partial charge >= 0.3 is 11.9 Å². The lowest BCUT2D eigenvalue weighted by molar-refractivity contribution is -0.141. The van der Waals surface area contributed by atoms with Gasteiger partial charge in [0.2, 0.25) is 0 Å². The number of oxime groups is 2. The van der Waals surface area contributed by atoms with Crippen molar-refractivity contribution in [3.8, 4) is 0 Å². The Bertz CT molecular complexity index is 3480. The van der Waals surface area contributed by atoms with E-state index in [0.29, 0.717) is 59.6 Å². The molecule has 9 rings (SSSR count). The van der Waals surface area contributed by atoms with Crippen LogP contribution in [0.2, 0.25) is 0 Å². The summed E-state index contributed by atoms with van der Waals surface area (Å²) in [5.74, 6) is -1.05. The Balaban J connectivity index is 1.05. The molecule has 12 heteroatoms. The predicted octanol–water partition coefficient (Wildman–Crippen LogP) is 10.5. The average Bonchev–Trinajstić information content (AvgIpc) is 3.78. The molecule has 9 aromatic rings. The number of fused-ring (bicyclic) bond motifs is 9. The summed E-state index contributed by atoms with van der Waals surface area (Å²) in [6.07, 6.45) is 0. The van der Waals surface area contributed by atoms with Crippen LogP contribution in [0.25, 0.3) is 63.8 Å². The fourth-order valence-electron chi connectivity index (χ4n) is 8.39. The predicted molar refractivity (Wildman–Crippen MR) is 251 cm³/mol. The molecule has 0 spiro atoms. The minimum Gasteiger partial charge on any atom is -0.378 e. The quantitative estimate of drug-likeness (QED) is 0.0299. The van der Waals surface area contributed by atoms with Crippen LogP contribution in [0.4, 0.5) is 0 Å². The lowest BCUT2D eigenvalue weighted by atomic mass is 9.97. The topological polar surface area (TPSA) is 131 Å². The first-order chi connectivity index (χ1) is 30.5. The van der Waals surface area contributed by atoms with Crippen LogP contribution in [-0.4, -0.2) is 51.5 Å². The molecule has 63 heavy (non-hydrogen) atoms. The second-order valence-electron chi connectivity index (χ2n) is 15.5. The van der Waals surface area contributed by atoms with Gasteiger partial charge in [0.05, 0.1) is 30.2 Å². The van der Waals surface area contributed by atoms with Gasteiger partial charge < -0.3 is 23.5 Å². The van der Waals surface area contributed by atoms with Crippen molar-refractivity contribution >= 4 is 104 Å². The third-order valence-corrected chi connectivity index (χ3v) is 12.7. The SMILES string of the molecule is CC(=O)ON=C(C)c1ccc2c(c1)c1cc(C(=O)c3ccccc3C)ccc1n2CCOCCn1c2ccc(C(C)=NOC(C)=O)cc2c2c3sc4ccccc4c(=O)c3ccc21. The summed E-state index contributed by atoms with van der Waals surface area (Å²) in [5, 5.41) is 13.2. The lowest BCUT2D eigenvalue weighted by Crippen LogP contribution is -2.11. The van der Waals surface area contributed by atoms with Gasteiger partial charge in [0, 0.05) is 96.3 Å². The van der Waals surface area contributed by atoms with Crippen molar-refractivity contribution in [2.75, 3.05) is 13.2 Å². The van der Waals surface area contributed by atoms with Crippen molar-refractivity contribution in [2.45, 2.75) is 47.7 Å². The van der Waals surface area contributed by atoms with Crippen LogP contribution in [-0.2, 0) is 37.1 Å². The van der Waals surface area contributed by atoms with E-state index in [2.05, 4.69) is 19.4 Å². The molecule has 0 atom stereocenters. The molecule has 0 N–H and O–H groups in total. The van der Waals surface area contributed by atoms with E-state index in [0.717, 1.165) is 69.7 Å². The van der Waals surface area contributed by atoms with E-state index in [9.17, 15) is 19.2 Å². The molecular formula is C51H42N4O7S. The molecule has 0 amide bonds. The Kier molecular flexibility index (Phi) is 11.0. The molecule has 0 aliphatic heterocycles. The van der Waals surface area contributed by atoms with E-state index in [-0.39, 0.29) is 11.2 Å². The Hall–Kier alpha value is -7.28. The summed E-state index contributed by atoms with van der Waals surface area (Å²) >= 11 is 1.60. The van der Waals surface area contributed by atoms with Gasteiger partial charge in [-0.3, -0.25) is 9.59 Å². The van der Waals surface area contributed by atoms with Gasteiger partial charge in [0.1, 0.15) is 0 Å². The highest BCUT2D eigenvalue weighted by molar-refractivity contribution is 7.25. The Morgan fingerprint density at radius 2 is 1.10 bits per heavy atom. The standard InChI is InChI=1S/C51H42N4O7S/c1-29-10-6-7-11-37(29)49(58)36-16-20-44-41(28-36)40-26-34(30(2)52-61-32(4)56)14-18-43(40)54(44)22-24-60-25-23-55-45-19-15-35(31(3)53-62-33(5)57)27-42(45)48-46(55)21-17-39-50(59)38-12-8-9-13-47(38)63-51(39)48/h6-21,26-28H,22-25H2,1-5H3. The number of ether oxygens (including phenoxy) is 1. The fourth-order valence-corrected chi connectivity index (χ4v) is 9.61. The summed E-state index contributed by atoms with van der Waals surface area (Å²) in [6.45, 7) is 10.0. The summed E-state index contributed by atoms with van der Waals surface area (Å²) in [6, 6.07) is 37.0. The first-order valence-corrected chi connectivity index (χ1v) is 21.4. The molecule has 314 valence electrons. The van der Waals surface area contributed by atoms with Gasteiger partial charge in [-0.2, -0.15) is 0 Å². The molecule has 3 aromatic heterocycles. The number of nitrogens with zero attached hydrogens (tertiary/aromatic N) is 4. The van der Waals surface area contributed by atoms with Crippen molar-refractivity contribution in [3.63, 3.8) is 0 Å². The number of carbonyl (C=O) groups is 3. The molecule has 3 heterocycles. The monoisotopic (exact) mass is 854 g/mol. The van der Waals surface area contributed by atoms with E-state index < -0.39 is 11.9 Å². The fraction of sp³-hybridized carbons (Fsp3) is 0.176. The van der Waals surface area contributed by atoms with Gasteiger partial charge in [-0.25, -0.2) is 9.59 Å². The first-order valence-electron chi connectivity index (χ1n) is 20.6. The van der Waals surface area contributed by atoms with Crippen molar-refractivity contribution < 1.29 is 28.8 Å². The highest BCUT2D eigenvalue weighted by Gasteiger charge is 2.20. The molecule has 6 aromatic carbocycles. The Morgan fingerprint density at radius 3 is 1.73 bits per heavy atom. The number of hydrogen-bond acceptors (Lipinski definition) is 10. The molecule has 11 nitrogen and oxygen atoms in total. The molecule has 0 radical (unpaired) electrons. The highest BCUT2D eigenvalue weighted by atomic mass is 32.1. The van der Waals surface area contributed by atoms with Crippen LogP contribution >= 0.6 is 11.3 Å². The largest absolute Gasteiger partial charge is 0.378 e. The highest BCUT2D eigenvalue weighted by Crippen LogP contribution is 2.38. The molecule has 0 saturated heterocycles. The van der Waals surface area contributed by atoms with Crippen LogP contribution in [0.5, 0.6) is 0 Å². The van der Waals surface area contributed by atoms with Gasteiger partial charge in [0.25, 0.3) is 0 Å². The Labute approximate surface area is 365 Å². The zero-order chi connectivity index (χ0) is 43.9. The number of ketones is 1. The summed E-state index contributed by atoms with van der Waals surface area (Å²) in [4.78, 5) is 60.5. The molecule has 0 fully saturated rings. The average molecular weight is 855 g/mol. The first kappa shape index (κ1) is 41.1. The number of hydrogen-bond donors (Lipinski definition) is 0. The number of carbonyl (C=O) groups excluding carboxylic acids is 3. The zero-order valence-corrected chi connectivity index (χ0v) is 36.2. The maximum absolute atomic E-state index is 13.8. The van der Waals surface area contributed by atoms with Crippen molar-refractivity contribution in [1.82, 2.24) is 9.13 Å². The second-order valence-corrected chi connectivity index (χ2v) is 16.6. The number of aromatic nitrogens is 2. The van der Waals surface area contributed by atoms with Crippen molar-refractivity contribution in [2.24, 2.45) is 10.3 Å². The van der Waals surface area contributed by atoms with Crippen LogP contribution < -0.4 is 5.43 Å². The van der Waals surface area contributed by atoms with E-state index in [1.165, 1.54) is 13.8 Å². The van der Waals surface area contributed by atoms with Crippen LogP contribution in [0, 0.1) is 6.92 Å². The number of rotatable bonds is 12. The number of benzene rings is 6. The van der Waals surface area contributed by atoms with Crippen LogP contribution in [0.1, 0.15) is 60.3 Å². The van der Waals surface area contributed by atoms with Gasteiger partial charge in [-0.1, -0.05) is 58.8 Å². The van der Waals surface area contributed by atoms with Crippen LogP contribution in [0.3, 0.4) is 0 Å². The molecule has 0 unspecified atom stereocenters. The van der Waals surface area contributed by atoms with E-state index in [4.69, 9.17) is 14.4 Å².